The molecule has 1 saturated heterocycles. The zero-order valence-electron chi connectivity index (χ0n) is 14.0. The molecular formula is C15H27N5O2S. The van der Waals surface area contributed by atoms with E-state index in [9.17, 15) is 4.79 Å². The second-order valence-corrected chi connectivity index (χ2v) is 6.66. The van der Waals surface area contributed by atoms with Crippen molar-refractivity contribution in [1.82, 2.24) is 20.4 Å². The zero-order chi connectivity index (χ0) is 16.5. The number of rotatable bonds is 8. The standard InChI is InChI=1S/C15H27N5O2S/c1-3-20(4-2)9-8-13-18-19-15(23-13)17-14(21)16-11-12-7-5-6-10-22-12/h12H,3-11H2,1-2H3,(H2,16,17,19,21). The Morgan fingerprint density at radius 2 is 2.17 bits per heavy atom. The van der Waals surface area contributed by atoms with E-state index in [4.69, 9.17) is 4.74 Å². The molecule has 23 heavy (non-hydrogen) atoms. The van der Waals surface area contributed by atoms with Crippen LogP contribution in [0.3, 0.4) is 0 Å². The maximum Gasteiger partial charge on any atom is 0.321 e. The summed E-state index contributed by atoms with van der Waals surface area (Å²) in [6.07, 6.45) is 4.28. The highest BCUT2D eigenvalue weighted by Crippen LogP contribution is 2.16. The molecular weight excluding hydrogens is 314 g/mol. The normalized spacial score (nSPS) is 18.1. The van der Waals surface area contributed by atoms with Crippen molar-refractivity contribution < 1.29 is 9.53 Å². The molecule has 2 amide bonds. The average Bonchev–Trinajstić information content (AvgIpc) is 3.02. The van der Waals surface area contributed by atoms with Gasteiger partial charge in [-0.1, -0.05) is 25.2 Å². The summed E-state index contributed by atoms with van der Waals surface area (Å²) in [4.78, 5) is 14.2. The number of anilines is 1. The van der Waals surface area contributed by atoms with Crippen molar-refractivity contribution in [2.24, 2.45) is 0 Å². The second kappa shape index (κ2) is 9.79. The third-order valence-corrected chi connectivity index (χ3v) is 4.89. The molecule has 1 unspecified atom stereocenters. The number of amides is 2. The monoisotopic (exact) mass is 341 g/mol. The molecule has 130 valence electrons. The number of nitrogens with one attached hydrogen (secondary N) is 2. The number of carbonyl (C=O) groups is 1. The third-order valence-electron chi connectivity index (χ3n) is 3.99. The molecule has 1 aromatic rings. The van der Waals surface area contributed by atoms with Crippen LogP contribution in [-0.2, 0) is 11.2 Å². The summed E-state index contributed by atoms with van der Waals surface area (Å²) in [5.41, 5.74) is 0. The Morgan fingerprint density at radius 3 is 2.87 bits per heavy atom. The summed E-state index contributed by atoms with van der Waals surface area (Å²) in [6.45, 7) is 8.67. The number of nitrogens with zero attached hydrogens (tertiary/aromatic N) is 3. The van der Waals surface area contributed by atoms with Crippen molar-refractivity contribution in [3.05, 3.63) is 5.01 Å². The van der Waals surface area contributed by atoms with Gasteiger partial charge in [0.25, 0.3) is 0 Å². The first-order valence-corrected chi connectivity index (χ1v) is 9.24. The highest BCUT2D eigenvalue weighted by molar-refractivity contribution is 7.15. The fourth-order valence-electron chi connectivity index (χ4n) is 2.51. The molecule has 0 bridgehead atoms. The van der Waals surface area contributed by atoms with Gasteiger partial charge in [0.05, 0.1) is 6.10 Å². The van der Waals surface area contributed by atoms with Gasteiger partial charge in [-0.3, -0.25) is 5.32 Å². The van der Waals surface area contributed by atoms with E-state index >= 15 is 0 Å². The van der Waals surface area contributed by atoms with Crippen molar-refractivity contribution in [1.29, 1.82) is 0 Å². The van der Waals surface area contributed by atoms with E-state index in [1.165, 1.54) is 17.8 Å². The predicted octanol–water partition coefficient (Wildman–Crippen LogP) is 2.11. The lowest BCUT2D eigenvalue weighted by atomic mass is 10.1. The van der Waals surface area contributed by atoms with Crippen LogP contribution in [0.15, 0.2) is 0 Å². The van der Waals surface area contributed by atoms with Crippen LogP contribution in [0.5, 0.6) is 0 Å². The molecule has 7 nitrogen and oxygen atoms in total. The van der Waals surface area contributed by atoms with Gasteiger partial charge in [-0.15, -0.1) is 10.2 Å². The Hall–Kier alpha value is -1.25. The van der Waals surface area contributed by atoms with Gasteiger partial charge in [0.1, 0.15) is 5.01 Å². The highest BCUT2D eigenvalue weighted by Gasteiger charge is 2.15. The SMILES string of the molecule is CCN(CC)CCc1nnc(NC(=O)NCC2CCCCO2)s1. The number of hydrogen-bond acceptors (Lipinski definition) is 6. The Morgan fingerprint density at radius 1 is 1.35 bits per heavy atom. The fraction of sp³-hybridized carbons (Fsp3) is 0.800. The molecule has 1 aliphatic heterocycles. The molecule has 1 aromatic heterocycles. The van der Waals surface area contributed by atoms with Gasteiger partial charge in [0.15, 0.2) is 0 Å². The molecule has 1 atom stereocenters. The van der Waals surface area contributed by atoms with Crippen LogP contribution in [0.2, 0.25) is 0 Å². The molecule has 0 aliphatic carbocycles. The van der Waals surface area contributed by atoms with Crippen molar-refractivity contribution >= 4 is 22.5 Å². The first-order chi connectivity index (χ1) is 11.2. The van der Waals surface area contributed by atoms with Gasteiger partial charge in [-0.05, 0) is 32.4 Å². The highest BCUT2D eigenvalue weighted by atomic mass is 32.1. The van der Waals surface area contributed by atoms with Gasteiger partial charge in [-0.25, -0.2) is 4.79 Å². The first-order valence-electron chi connectivity index (χ1n) is 8.42. The Labute approximate surface area is 141 Å². The average molecular weight is 341 g/mol. The fourth-order valence-corrected chi connectivity index (χ4v) is 3.24. The molecule has 2 N–H and O–H groups in total. The summed E-state index contributed by atoms with van der Waals surface area (Å²) < 4.78 is 5.59. The second-order valence-electron chi connectivity index (χ2n) is 5.60. The minimum Gasteiger partial charge on any atom is -0.376 e. The van der Waals surface area contributed by atoms with E-state index < -0.39 is 0 Å². The molecule has 1 fully saturated rings. The van der Waals surface area contributed by atoms with Crippen molar-refractivity contribution in [2.45, 2.75) is 45.6 Å². The zero-order valence-corrected chi connectivity index (χ0v) is 14.8. The largest absolute Gasteiger partial charge is 0.376 e. The summed E-state index contributed by atoms with van der Waals surface area (Å²) in [5, 5.41) is 15.2. The first kappa shape index (κ1) is 18.1. The number of aromatic nitrogens is 2. The number of carbonyl (C=O) groups excluding carboxylic acids is 1. The minimum absolute atomic E-state index is 0.133. The van der Waals surface area contributed by atoms with Crippen molar-refractivity contribution in [3.63, 3.8) is 0 Å². The third kappa shape index (κ3) is 6.40. The molecule has 0 spiro atoms. The van der Waals surface area contributed by atoms with Crippen LogP contribution in [0, 0.1) is 0 Å². The molecule has 8 heteroatoms. The van der Waals surface area contributed by atoms with Crippen LogP contribution < -0.4 is 10.6 Å². The van der Waals surface area contributed by atoms with Gasteiger partial charge in [0.2, 0.25) is 5.13 Å². The summed E-state index contributed by atoms with van der Waals surface area (Å²) in [5.74, 6) is 0. The maximum absolute atomic E-state index is 11.9. The lowest BCUT2D eigenvalue weighted by molar-refractivity contribution is 0.0187. The lowest BCUT2D eigenvalue weighted by Gasteiger charge is -2.22. The van der Waals surface area contributed by atoms with Crippen LogP contribution in [0.1, 0.15) is 38.1 Å². The molecule has 0 radical (unpaired) electrons. The smallest absolute Gasteiger partial charge is 0.321 e. The Bertz CT molecular complexity index is 472. The quantitative estimate of drug-likeness (QED) is 0.757. The topological polar surface area (TPSA) is 79.4 Å². The molecule has 0 aromatic carbocycles. The maximum atomic E-state index is 11.9. The van der Waals surface area contributed by atoms with E-state index in [1.54, 1.807) is 0 Å². The lowest BCUT2D eigenvalue weighted by Crippen LogP contribution is -2.37. The molecule has 1 aliphatic rings. The van der Waals surface area contributed by atoms with E-state index in [-0.39, 0.29) is 12.1 Å². The van der Waals surface area contributed by atoms with Crippen LogP contribution in [0.25, 0.3) is 0 Å². The van der Waals surface area contributed by atoms with Crippen LogP contribution in [-0.4, -0.2) is 60.0 Å². The number of ether oxygens (including phenoxy) is 1. The molecule has 2 rings (SSSR count). The number of hydrogen-bond donors (Lipinski definition) is 2. The van der Waals surface area contributed by atoms with Crippen molar-refractivity contribution in [3.8, 4) is 0 Å². The van der Waals surface area contributed by atoms with Gasteiger partial charge in [0, 0.05) is 26.1 Å². The van der Waals surface area contributed by atoms with Gasteiger partial charge >= 0.3 is 6.03 Å². The Kier molecular flexibility index (Phi) is 7.70. The number of likely N-dealkylation sites (N-methyl/N-ethyl adjacent to an activating group) is 1. The van der Waals surface area contributed by atoms with Crippen molar-refractivity contribution in [2.75, 3.05) is 38.1 Å². The van der Waals surface area contributed by atoms with Crippen LogP contribution in [0.4, 0.5) is 9.93 Å². The summed E-state index contributed by atoms with van der Waals surface area (Å²) in [6, 6.07) is -0.245. The van der Waals surface area contributed by atoms with E-state index in [0.29, 0.717) is 11.7 Å². The Balaban J connectivity index is 1.69. The van der Waals surface area contributed by atoms with E-state index in [1.807, 2.05) is 0 Å². The molecule has 0 saturated carbocycles. The van der Waals surface area contributed by atoms with E-state index in [0.717, 1.165) is 50.5 Å². The van der Waals surface area contributed by atoms with Gasteiger partial charge in [-0.2, -0.15) is 0 Å². The number of urea groups is 1. The summed E-state index contributed by atoms with van der Waals surface area (Å²) >= 11 is 1.43. The van der Waals surface area contributed by atoms with Gasteiger partial charge < -0.3 is 15.0 Å². The van der Waals surface area contributed by atoms with E-state index in [2.05, 4.69) is 39.6 Å². The minimum atomic E-state index is -0.245. The predicted molar refractivity (Wildman–Crippen MR) is 92.0 cm³/mol. The van der Waals surface area contributed by atoms with Crippen LogP contribution >= 0.6 is 11.3 Å². The summed E-state index contributed by atoms with van der Waals surface area (Å²) in [7, 11) is 0. The molecule has 2 heterocycles.